The van der Waals surface area contributed by atoms with Crippen molar-refractivity contribution in [3.8, 4) is 11.1 Å². The summed E-state index contributed by atoms with van der Waals surface area (Å²) in [4.78, 5) is 10.1. The van der Waals surface area contributed by atoms with Gasteiger partial charge >= 0.3 is 0 Å². The number of carbonyl (C=O) groups is 1. The molecule has 0 aliphatic heterocycles. The van der Waals surface area contributed by atoms with Gasteiger partial charge in [0.1, 0.15) is 0 Å². The van der Waals surface area contributed by atoms with Crippen LogP contribution in [0.3, 0.4) is 0 Å². The van der Waals surface area contributed by atoms with Gasteiger partial charge in [-0.3, -0.25) is 4.79 Å². The highest BCUT2D eigenvalue weighted by Gasteiger charge is 2.03. The molecule has 0 saturated heterocycles. The van der Waals surface area contributed by atoms with Gasteiger partial charge in [-0.15, -0.1) is 0 Å². The summed E-state index contributed by atoms with van der Waals surface area (Å²) in [6.07, 6.45) is 2.94. The van der Waals surface area contributed by atoms with E-state index in [9.17, 15) is 4.79 Å². The second-order valence-corrected chi connectivity index (χ2v) is 4.45. The highest BCUT2D eigenvalue weighted by atomic mass is 16.5. The Bertz CT molecular complexity index is 506. The van der Waals surface area contributed by atoms with Crippen molar-refractivity contribution in [3.63, 3.8) is 0 Å². The Kier molecular flexibility index (Phi) is 5.17. The average molecular weight is 254 g/mol. The van der Waals surface area contributed by atoms with E-state index in [1.54, 1.807) is 0 Å². The van der Waals surface area contributed by atoms with Gasteiger partial charge in [-0.25, -0.2) is 0 Å². The molecule has 0 amide bonds. The third-order valence-corrected chi connectivity index (χ3v) is 3.13. The van der Waals surface area contributed by atoms with Crippen LogP contribution in [0.15, 0.2) is 54.6 Å². The van der Waals surface area contributed by atoms with Crippen LogP contribution in [0.1, 0.15) is 18.4 Å². The quantitative estimate of drug-likeness (QED) is 0.554. The fraction of sp³-hybridized carbons (Fsp3) is 0.235. The monoisotopic (exact) mass is 254 g/mol. The second kappa shape index (κ2) is 7.37. The Labute approximate surface area is 114 Å². The van der Waals surface area contributed by atoms with Crippen molar-refractivity contribution in [1.82, 2.24) is 0 Å². The van der Waals surface area contributed by atoms with E-state index in [0.717, 1.165) is 19.3 Å². The summed E-state index contributed by atoms with van der Waals surface area (Å²) in [6, 6.07) is 18.9. The van der Waals surface area contributed by atoms with Gasteiger partial charge in [0.05, 0.1) is 6.61 Å². The molecular weight excluding hydrogens is 236 g/mol. The summed E-state index contributed by atoms with van der Waals surface area (Å²) in [5, 5.41) is 0. The van der Waals surface area contributed by atoms with Crippen molar-refractivity contribution >= 4 is 6.47 Å². The van der Waals surface area contributed by atoms with Gasteiger partial charge in [-0.1, -0.05) is 54.6 Å². The first-order valence-corrected chi connectivity index (χ1v) is 6.60. The molecule has 0 aromatic heterocycles. The maximum absolute atomic E-state index is 10.1. The standard InChI is InChI=1S/C17H18O2/c18-14-19-13-7-6-11-16-10-4-5-12-17(16)15-8-2-1-3-9-15/h1-5,8-10,12,14H,6-7,11,13H2. The molecule has 2 rings (SSSR count). The van der Waals surface area contributed by atoms with Gasteiger partial charge < -0.3 is 4.74 Å². The molecule has 2 aromatic carbocycles. The number of aryl methyl sites for hydroxylation is 1. The number of ether oxygens (including phenoxy) is 1. The molecule has 0 unspecified atom stereocenters. The Hall–Kier alpha value is -2.09. The number of unbranched alkanes of at least 4 members (excludes halogenated alkanes) is 1. The van der Waals surface area contributed by atoms with Gasteiger partial charge in [0, 0.05) is 0 Å². The van der Waals surface area contributed by atoms with Gasteiger partial charge in [-0.2, -0.15) is 0 Å². The predicted molar refractivity (Wildman–Crippen MR) is 76.8 cm³/mol. The van der Waals surface area contributed by atoms with Crippen molar-refractivity contribution in [1.29, 1.82) is 0 Å². The topological polar surface area (TPSA) is 26.3 Å². The van der Waals surface area contributed by atoms with Crippen LogP contribution in [-0.2, 0) is 16.0 Å². The Morgan fingerprint density at radius 3 is 2.42 bits per heavy atom. The van der Waals surface area contributed by atoms with E-state index in [1.807, 2.05) is 6.07 Å². The summed E-state index contributed by atoms with van der Waals surface area (Å²) in [5.41, 5.74) is 3.89. The lowest BCUT2D eigenvalue weighted by molar-refractivity contribution is -0.128. The average Bonchev–Trinajstić information content (AvgIpc) is 2.48. The van der Waals surface area contributed by atoms with Crippen molar-refractivity contribution in [3.05, 3.63) is 60.2 Å². The van der Waals surface area contributed by atoms with Crippen LogP contribution in [0.4, 0.5) is 0 Å². The summed E-state index contributed by atoms with van der Waals surface area (Å²) < 4.78 is 4.71. The number of hydrogen-bond donors (Lipinski definition) is 0. The van der Waals surface area contributed by atoms with E-state index < -0.39 is 0 Å². The maximum Gasteiger partial charge on any atom is 0.293 e. The largest absolute Gasteiger partial charge is 0.468 e. The van der Waals surface area contributed by atoms with Gasteiger partial charge in [0.15, 0.2) is 0 Å². The lowest BCUT2D eigenvalue weighted by Crippen LogP contribution is -1.95. The van der Waals surface area contributed by atoms with E-state index in [0.29, 0.717) is 13.1 Å². The molecule has 19 heavy (non-hydrogen) atoms. The van der Waals surface area contributed by atoms with Crippen molar-refractivity contribution < 1.29 is 9.53 Å². The van der Waals surface area contributed by atoms with Gasteiger partial charge in [0.25, 0.3) is 6.47 Å². The van der Waals surface area contributed by atoms with E-state index in [1.165, 1.54) is 16.7 Å². The lowest BCUT2D eigenvalue weighted by atomic mass is 9.96. The first-order valence-electron chi connectivity index (χ1n) is 6.60. The van der Waals surface area contributed by atoms with Crippen molar-refractivity contribution in [2.75, 3.05) is 6.61 Å². The molecule has 0 heterocycles. The fourth-order valence-corrected chi connectivity index (χ4v) is 2.19. The molecule has 0 aliphatic rings. The first kappa shape index (κ1) is 13.3. The number of rotatable bonds is 7. The van der Waals surface area contributed by atoms with E-state index in [2.05, 4.69) is 48.5 Å². The fourth-order valence-electron chi connectivity index (χ4n) is 2.19. The number of benzene rings is 2. The molecule has 2 heteroatoms. The molecule has 0 aliphatic carbocycles. The zero-order valence-electron chi connectivity index (χ0n) is 10.9. The molecule has 0 atom stereocenters. The minimum absolute atomic E-state index is 0.511. The second-order valence-electron chi connectivity index (χ2n) is 4.45. The van der Waals surface area contributed by atoms with Crippen molar-refractivity contribution in [2.45, 2.75) is 19.3 Å². The third kappa shape index (κ3) is 3.95. The minimum Gasteiger partial charge on any atom is -0.468 e. The van der Waals surface area contributed by atoms with Crippen LogP contribution >= 0.6 is 0 Å². The molecule has 2 nitrogen and oxygen atoms in total. The van der Waals surface area contributed by atoms with E-state index >= 15 is 0 Å². The van der Waals surface area contributed by atoms with Crippen LogP contribution < -0.4 is 0 Å². The van der Waals surface area contributed by atoms with E-state index in [4.69, 9.17) is 4.74 Å². The summed E-state index contributed by atoms with van der Waals surface area (Å²) in [6.45, 7) is 1.02. The Morgan fingerprint density at radius 1 is 0.895 bits per heavy atom. The number of hydrogen-bond acceptors (Lipinski definition) is 2. The molecule has 0 bridgehead atoms. The number of carbonyl (C=O) groups excluding carboxylic acids is 1. The highest BCUT2D eigenvalue weighted by molar-refractivity contribution is 5.67. The normalized spacial score (nSPS) is 10.1. The van der Waals surface area contributed by atoms with Crippen LogP contribution in [0, 0.1) is 0 Å². The molecule has 0 saturated carbocycles. The Balaban J connectivity index is 2.03. The summed E-state index contributed by atoms with van der Waals surface area (Å²) in [5.74, 6) is 0. The van der Waals surface area contributed by atoms with Crippen LogP contribution in [-0.4, -0.2) is 13.1 Å². The summed E-state index contributed by atoms with van der Waals surface area (Å²) >= 11 is 0. The smallest absolute Gasteiger partial charge is 0.293 e. The SMILES string of the molecule is O=COCCCCc1ccccc1-c1ccccc1. The van der Waals surface area contributed by atoms with Crippen LogP contribution in [0.25, 0.3) is 11.1 Å². The molecule has 98 valence electrons. The third-order valence-electron chi connectivity index (χ3n) is 3.13. The molecule has 0 radical (unpaired) electrons. The minimum atomic E-state index is 0.511. The van der Waals surface area contributed by atoms with Gasteiger partial charge in [0.2, 0.25) is 0 Å². The molecule has 0 N–H and O–H groups in total. The molecule has 2 aromatic rings. The maximum atomic E-state index is 10.1. The van der Waals surface area contributed by atoms with Crippen LogP contribution in [0.5, 0.6) is 0 Å². The summed E-state index contributed by atoms with van der Waals surface area (Å²) in [7, 11) is 0. The molecule has 0 spiro atoms. The molecule has 0 fully saturated rings. The highest BCUT2D eigenvalue weighted by Crippen LogP contribution is 2.24. The Morgan fingerprint density at radius 2 is 1.63 bits per heavy atom. The van der Waals surface area contributed by atoms with E-state index in [-0.39, 0.29) is 0 Å². The first-order chi connectivity index (χ1) is 9.42. The zero-order valence-corrected chi connectivity index (χ0v) is 10.9. The lowest BCUT2D eigenvalue weighted by Gasteiger charge is -2.09. The van der Waals surface area contributed by atoms with Crippen molar-refractivity contribution in [2.24, 2.45) is 0 Å². The molecular formula is C17H18O2. The van der Waals surface area contributed by atoms with Gasteiger partial charge in [-0.05, 0) is 36.0 Å². The predicted octanol–water partition coefficient (Wildman–Crippen LogP) is 3.85. The zero-order chi connectivity index (χ0) is 13.3. The van der Waals surface area contributed by atoms with Crippen LogP contribution in [0.2, 0.25) is 0 Å².